The Morgan fingerprint density at radius 1 is 1.08 bits per heavy atom. The van der Waals surface area contributed by atoms with Crippen LogP contribution in [0.4, 0.5) is 0 Å². The highest BCUT2D eigenvalue weighted by Crippen LogP contribution is 2.34. The number of fused-ring (bicyclic) bond motifs is 1. The molecule has 25 heavy (non-hydrogen) atoms. The van der Waals surface area contributed by atoms with Crippen molar-refractivity contribution in [2.45, 2.75) is 39.5 Å². The van der Waals surface area contributed by atoms with Crippen LogP contribution in [0.25, 0.3) is 5.65 Å². The Hall–Kier alpha value is -1.51. The fourth-order valence-electron chi connectivity index (χ4n) is 2.59. The molecular formula is C17H19N3O2S3. The van der Waals surface area contributed by atoms with E-state index < -0.39 is 9.84 Å². The molecule has 0 amide bonds. The summed E-state index contributed by atoms with van der Waals surface area (Å²) in [6, 6.07) is 8.43. The lowest BCUT2D eigenvalue weighted by Crippen LogP contribution is -2.06. The van der Waals surface area contributed by atoms with E-state index in [4.69, 9.17) is 4.98 Å². The highest BCUT2D eigenvalue weighted by atomic mass is 32.2. The van der Waals surface area contributed by atoms with E-state index in [0.29, 0.717) is 10.7 Å². The van der Waals surface area contributed by atoms with Gasteiger partial charge < -0.3 is 0 Å². The van der Waals surface area contributed by atoms with Crippen LogP contribution in [0.1, 0.15) is 25.5 Å². The van der Waals surface area contributed by atoms with Crippen molar-refractivity contribution in [2.75, 3.05) is 12.5 Å². The van der Waals surface area contributed by atoms with Gasteiger partial charge in [-0.15, -0.1) is 23.5 Å². The van der Waals surface area contributed by atoms with Crippen LogP contribution in [-0.2, 0) is 9.84 Å². The van der Waals surface area contributed by atoms with Gasteiger partial charge in [-0.3, -0.25) is 0 Å². The lowest BCUT2D eigenvalue weighted by Gasteiger charge is -2.11. The molecule has 0 radical (unpaired) electrons. The van der Waals surface area contributed by atoms with Crippen molar-refractivity contribution in [1.82, 2.24) is 14.6 Å². The average molecular weight is 394 g/mol. The predicted molar refractivity (Wildman–Crippen MR) is 103 cm³/mol. The van der Waals surface area contributed by atoms with E-state index in [1.807, 2.05) is 18.7 Å². The van der Waals surface area contributed by atoms with Crippen LogP contribution < -0.4 is 0 Å². The fourth-order valence-corrected chi connectivity index (χ4v) is 5.71. The normalized spacial score (nSPS) is 12.2. The molecule has 3 aromatic rings. The second kappa shape index (κ2) is 7.01. The number of rotatable bonds is 5. The molecule has 0 aliphatic heterocycles. The van der Waals surface area contributed by atoms with Crippen LogP contribution in [0.3, 0.4) is 0 Å². The largest absolute Gasteiger partial charge is 0.231 e. The Balaban J connectivity index is 2.36. The van der Waals surface area contributed by atoms with Gasteiger partial charge >= 0.3 is 0 Å². The topological polar surface area (TPSA) is 64.3 Å². The van der Waals surface area contributed by atoms with Gasteiger partial charge in [0.15, 0.2) is 10.5 Å². The second-order valence-electron chi connectivity index (χ2n) is 5.77. The first-order valence-corrected chi connectivity index (χ1v) is 11.6. The van der Waals surface area contributed by atoms with Crippen molar-refractivity contribution < 1.29 is 8.42 Å². The molecule has 0 atom stereocenters. The van der Waals surface area contributed by atoms with E-state index in [-0.39, 0.29) is 15.7 Å². The average Bonchev–Trinajstić information content (AvgIpc) is 2.99. The van der Waals surface area contributed by atoms with Gasteiger partial charge in [0.2, 0.25) is 9.84 Å². The van der Waals surface area contributed by atoms with Crippen LogP contribution in [0, 0.1) is 0 Å². The fraction of sp³-hybridized carbons (Fsp3) is 0.294. The Kier molecular flexibility index (Phi) is 5.13. The van der Waals surface area contributed by atoms with E-state index >= 15 is 0 Å². The Morgan fingerprint density at radius 3 is 2.32 bits per heavy atom. The second-order valence-corrected chi connectivity index (χ2v) is 9.30. The number of hydrogen-bond acceptors (Lipinski definition) is 6. The van der Waals surface area contributed by atoms with Gasteiger partial charge in [0.1, 0.15) is 5.03 Å². The molecular weight excluding hydrogens is 374 g/mol. The van der Waals surface area contributed by atoms with Gasteiger partial charge in [0.05, 0.1) is 10.6 Å². The minimum Gasteiger partial charge on any atom is -0.231 e. The maximum Gasteiger partial charge on any atom is 0.213 e. The molecule has 0 saturated carbocycles. The van der Waals surface area contributed by atoms with Crippen molar-refractivity contribution in [2.24, 2.45) is 0 Å². The Labute approximate surface area is 156 Å². The van der Waals surface area contributed by atoms with Crippen molar-refractivity contribution >= 4 is 39.0 Å². The molecule has 5 nitrogen and oxygen atoms in total. The van der Waals surface area contributed by atoms with Gasteiger partial charge in [0, 0.05) is 11.1 Å². The first-order chi connectivity index (χ1) is 11.9. The standard InChI is InChI=1S/C17H19N3O2S3/c1-11(2)14-13(23-3)10-20-16(18-14)15(17(19-20)24-4)25(21,22)12-8-6-5-7-9-12/h5-11H,1-4H3. The van der Waals surface area contributed by atoms with Crippen molar-refractivity contribution in [3.8, 4) is 0 Å². The molecule has 0 bridgehead atoms. The lowest BCUT2D eigenvalue weighted by atomic mass is 10.1. The summed E-state index contributed by atoms with van der Waals surface area (Å²) in [6.07, 6.45) is 5.67. The molecule has 0 aliphatic rings. The first-order valence-electron chi connectivity index (χ1n) is 7.71. The summed E-state index contributed by atoms with van der Waals surface area (Å²) in [5.74, 6) is 0.187. The summed E-state index contributed by atoms with van der Waals surface area (Å²) >= 11 is 2.90. The third kappa shape index (κ3) is 3.18. The Morgan fingerprint density at radius 2 is 1.76 bits per heavy atom. The third-order valence-corrected chi connectivity index (χ3v) is 7.18. The summed E-state index contributed by atoms with van der Waals surface area (Å²) in [5.41, 5.74) is 1.27. The van der Waals surface area contributed by atoms with E-state index in [0.717, 1.165) is 10.6 Å². The van der Waals surface area contributed by atoms with Gasteiger partial charge in [-0.05, 0) is 30.6 Å². The van der Waals surface area contributed by atoms with Crippen LogP contribution in [0.2, 0.25) is 0 Å². The maximum absolute atomic E-state index is 13.2. The van der Waals surface area contributed by atoms with Crippen LogP contribution in [0.15, 0.2) is 56.2 Å². The zero-order valence-corrected chi connectivity index (χ0v) is 16.9. The van der Waals surface area contributed by atoms with Crippen molar-refractivity contribution in [3.63, 3.8) is 0 Å². The number of benzene rings is 1. The predicted octanol–water partition coefficient (Wildman–Crippen LogP) is 4.13. The molecule has 0 fully saturated rings. The van der Waals surface area contributed by atoms with Gasteiger partial charge in [0.25, 0.3) is 0 Å². The lowest BCUT2D eigenvalue weighted by molar-refractivity contribution is 0.594. The molecule has 8 heteroatoms. The zero-order chi connectivity index (χ0) is 18.2. The number of aromatic nitrogens is 3. The quantitative estimate of drug-likeness (QED) is 0.607. The molecule has 2 aromatic heterocycles. The molecule has 1 aromatic carbocycles. The van der Waals surface area contributed by atoms with E-state index in [2.05, 4.69) is 18.9 Å². The summed E-state index contributed by atoms with van der Waals surface area (Å²) in [6.45, 7) is 4.10. The van der Waals surface area contributed by atoms with Crippen LogP contribution in [0.5, 0.6) is 0 Å². The summed E-state index contributed by atoms with van der Waals surface area (Å²) in [4.78, 5) is 6.13. The number of sulfone groups is 1. The molecule has 132 valence electrons. The minimum absolute atomic E-state index is 0.181. The van der Waals surface area contributed by atoms with Gasteiger partial charge in [-0.1, -0.05) is 32.0 Å². The third-order valence-electron chi connectivity index (χ3n) is 3.81. The summed E-state index contributed by atoms with van der Waals surface area (Å²) in [5, 5.41) is 4.92. The monoisotopic (exact) mass is 393 g/mol. The number of nitrogens with zero attached hydrogens (tertiary/aromatic N) is 3. The van der Waals surface area contributed by atoms with E-state index in [1.54, 1.807) is 46.6 Å². The maximum atomic E-state index is 13.2. The van der Waals surface area contributed by atoms with Crippen LogP contribution in [-0.4, -0.2) is 35.5 Å². The van der Waals surface area contributed by atoms with E-state index in [1.165, 1.54) is 11.8 Å². The molecule has 3 rings (SSSR count). The SMILES string of the molecule is CSc1cn2nc(SC)c(S(=O)(=O)c3ccccc3)c2nc1C(C)C. The van der Waals surface area contributed by atoms with Gasteiger partial charge in [-0.2, -0.15) is 5.10 Å². The molecule has 0 N–H and O–H groups in total. The summed E-state index contributed by atoms with van der Waals surface area (Å²) in [7, 11) is -3.70. The molecule has 0 unspecified atom stereocenters. The zero-order valence-electron chi connectivity index (χ0n) is 14.4. The minimum atomic E-state index is -3.70. The number of hydrogen-bond donors (Lipinski definition) is 0. The van der Waals surface area contributed by atoms with Crippen LogP contribution >= 0.6 is 23.5 Å². The smallest absolute Gasteiger partial charge is 0.213 e. The molecule has 0 aliphatic carbocycles. The van der Waals surface area contributed by atoms with Gasteiger partial charge in [-0.25, -0.2) is 17.9 Å². The highest BCUT2D eigenvalue weighted by Gasteiger charge is 2.29. The highest BCUT2D eigenvalue weighted by molar-refractivity contribution is 7.99. The van der Waals surface area contributed by atoms with Crippen molar-refractivity contribution in [3.05, 3.63) is 42.2 Å². The Bertz CT molecular complexity index is 1010. The number of thioether (sulfide) groups is 2. The first kappa shape index (κ1) is 18.3. The molecule has 2 heterocycles. The van der Waals surface area contributed by atoms with E-state index in [9.17, 15) is 8.42 Å². The summed E-state index contributed by atoms with van der Waals surface area (Å²) < 4.78 is 28.0. The molecule has 0 saturated heterocycles. The molecule has 0 spiro atoms. The van der Waals surface area contributed by atoms with Crippen molar-refractivity contribution in [1.29, 1.82) is 0 Å².